The van der Waals surface area contributed by atoms with Crippen LogP contribution in [0.2, 0.25) is 0 Å². The van der Waals surface area contributed by atoms with Crippen molar-refractivity contribution in [3.63, 3.8) is 0 Å². The molecule has 0 saturated heterocycles. The summed E-state index contributed by atoms with van der Waals surface area (Å²) in [5, 5.41) is 2.72. The first-order valence-electron chi connectivity index (χ1n) is 8.64. The largest absolute Gasteiger partial charge is 0.481 e. The average molecular weight is 360 g/mol. The number of aromatic nitrogens is 1. The summed E-state index contributed by atoms with van der Waals surface area (Å²) < 4.78 is 4.97. The Labute approximate surface area is 158 Å². The second-order valence-electron chi connectivity index (χ2n) is 6.00. The van der Waals surface area contributed by atoms with E-state index in [-0.39, 0.29) is 24.5 Å². The number of pyridine rings is 1. The van der Waals surface area contributed by atoms with Gasteiger partial charge in [-0.25, -0.2) is 4.98 Å². The molecule has 0 aliphatic heterocycles. The molecule has 2 aromatic carbocycles. The first-order chi connectivity index (χ1) is 13.2. The van der Waals surface area contributed by atoms with Crippen LogP contribution >= 0.6 is 0 Å². The van der Waals surface area contributed by atoms with Crippen molar-refractivity contribution in [3.8, 4) is 17.0 Å². The molecule has 0 aliphatic rings. The van der Waals surface area contributed by atoms with Crippen molar-refractivity contribution in [2.45, 2.75) is 12.8 Å². The van der Waals surface area contributed by atoms with Crippen molar-refractivity contribution in [3.05, 3.63) is 78.5 Å². The smallest absolute Gasteiger partial charge is 0.224 e. The summed E-state index contributed by atoms with van der Waals surface area (Å²) in [5.74, 6) is 0.191. The Hall–Kier alpha value is -3.47. The average Bonchev–Trinajstić information content (AvgIpc) is 2.73. The quantitative estimate of drug-likeness (QED) is 0.636. The van der Waals surface area contributed by atoms with E-state index in [1.165, 1.54) is 13.3 Å². The van der Waals surface area contributed by atoms with Gasteiger partial charge in [0.2, 0.25) is 11.8 Å². The first-order valence-corrected chi connectivity index (χ1v) is 8.64. The van der Waals surface area contributed by atoms with E-state index >= 15 is 0 Å². The van der Waals surface area contributed by atoms with Gasteiger partial charge in [-0.05, 0) is 17.2 Å². The number of benzene rings is 2. The Balaban J connectivity index is 1.53. The molecule has 0 unspecified atom stereocenters. The molecule has 0 atom stereocenters. The molecule has 0 spiro atoms. The minimum Gasteiger partial charge on any atom is -0.481 e. The number of ketones is 1. The second-order valence-corrected chi connectivity index (χ2v) is 6.00. The summed E-state index contributed by atoms with van der Waals surface area (Å²) in [5.41, 5.74) is 3.33. The maximum absolute atomic E-state index is 12.3. The van der Waals surface area contributed by atoms with E-state index in [9.17, 15) is 9.59 Å². The van der Waals surface area contributed by atoms with Crippen LogP contribution in [0.25, 0.3) is 11.1 Å². The van der Waals surface area contributed by atoms with Crippen molar-refractivity contribution in [1.29, 1.82) is 0 Å². The van der Waals surface area contributed by atoms with Gasteiger partial charge in [0.25, 0.3) is 0 Å². The van der Waals surface area contributed by atoms with E-state index in [0.717, 1.165) is 11.1 Å². The number of hydrogen-bond donors (Lipinski definition) is 1. The molecule has 0 aliphatic carbocycles. The molecule has 0 saturated carbocycles. The van der Waals surface area contributed by atoms with E-state index in [1.807, 2.05) is 42.5 Å². The number of ether oxygens (including phenoxy) is 1. The molecular weight excluding hydrogens is 340 g/mol. The number of nitrogens with zero attached hydrogens (tertiary/aromatic N) is 1. The van der Waals surface area contributed by atoms with E-state index < -0.39 is 0 Å². The zero-order valence-electron chi connectivity index (χ0n) is 15.0. The number of rotatable bonds is 7. The van der Waals surface area contributed by atoms with Crippen LogP contribution in [0.4, 0.5) is 5.69 Å². The summed E-state index contributed by atoms with van der Waals surface area (Å²) in [7, 11) is 1.53. The van der Waals surface area contributed by atoms with Gasteiger partial charge in [0.05, 0.1) is 19.0 Å². The van der Waals surface area contributed by atoms with E-state index in [1.54, 1.807) is 24.3 Å². The maximum Gasteiger partial charge on any atom is 0.224 e. The molecular formula is C22H20N2O3. The second kappa shape index (κ2) is 8.76. The number of amides is 1. The Kier molecular flexibility index (Phi) is 5.94. The Morgan fingerprint density at radius 2 is 1.59 bits per heavy atom. The van der Waals surface area contributed by atoms with Crippen LogP contribution in [0.3, 0.4) is 0 Å². The highest BCUT2D eigenvalue weighted by molar-refractivity contribution is 6.00. The van der Waals surface area contributed by atoms with Gasteiger partial charge < -0.3 is 10.1 Å². The number of anilines is 1. The van der Waals surface area contributed by atoms with Crippen LogP contribution in [-0.4, -0.2) is 23.8 Å². The summed E-state index contributed by atoms with van der Waals surface area (Å²) in [4.78, 5) is 28.4. The van der Waals surface area contributed by atoms with Gasteiger partial charge >= 0.3 is 0 Å². The number of carbonyl (C=O) groups is 2. The number of methoxy groups -OCH3 is 1. The molecule has 27 heavy (non-hydrogen) atoms. The van der Waals surface area contributed by atoms with Gasteiger partial charge in [-0.3, -0.25) is 9.59 Å². The minimum atomic E-state index is -0.226. The third-order valence-electron chi connectivity index (χ3n) is 4.12. The van der Waals surface area contributed by atoms with Gasteiger partial charge in [0.1, 0.15) is 0 Å². The van der Waals surface area contributed by atoms with Crippen LogP contribution in [-0.2, 0) is 4.79 Å². The Bertz CT molecular complexity index is 905. The molecule has 3 aromatic rings. The maximum atomic E-state index is 12.3. The van der Waals surface area contributed by atoms with Crippen LogP contribution in [0.5, 0.6) is 5.88 Å². The Morgan fingerprint density at radius 3 is 2.22 bits per heavy atom. The van der Waals surface area contributed by atoms with Crippen LogP contribution in [0.1, 0.15) is 23.2 Å². The number of carbonyl (C=O) groups excluding carboxylic acids is 2. The highest BCUT2D eigenvalue weighted by Gasteiger charge is 2.10. The van der Waals surface area contributed by atoms with Crippen molar-refractivity contribution in [2.24, 2.45) is 0 Å². The van der Waals surface area contributed by atoms with Gasteiger partial charge in [-0.2, -0.15) is 0 Å². The number of Topliss-reactive ketones (excluding diaryl/α,β-unsaturated/α-hetero) is 1. The van der Waals surface area contributed by atoms with Crippen LogP contribution < -0.4 is 10.1 Å². The molecule has 136 valence electrons. The summed E-state index contributed by atoms with van der Waals surface area (Å²) in [6, 6.07) is 20.8. The Morgan fingerprint density at radius 1 is 0.889 bits per heavy atom. The zero-order chi connectivity index (χ0) is 19.1. The minimum absolute atomic E-state index is 0.0578. The molecule has 5 heteroatoms. The highest BCUT2D eigenvalue weighted by atomic mass is 16.5. The van der Waals surface area contributed by atoms with Crippen LogP contribution in [0, 0.1) is 0 Å². The van der Waals surface area contributed by atoms with Gasteiger partial charge in [-0.15, -0.1) is 0 Å². The lowest BCUT2D eigenvalue weighted by Crippen LogP contribution is -2.13. The zero-order valence-corrected chi connectivity index (χ0v) is 15.0. The monoisotopic (exact) mass is 360 g/mol. The first kappa shape index (κ1) is 18.3. The molecule has 5 nitrogen and oxygen atoms in total. The normalized spacial score (nSPS) is 10.3. The molecule has 0 radical (unpaired) electrons. The summed E-state index contributed by atoms with van der Waals surface area (Å²) in [6.45, 7) is 0. The third kappa shape index (κ3) is 5.01. The third-order valence-corrected chi connectivity index (χ3v) is 4.12. The standard InChI is InChI=1S/C22H20N2O3/c1-27-22-14-11-19(15-23-22)24-21(26)13-12-20(25)18-9-7-17(8-10-18)16-5-3-2-4-6-16/h2-11,14-15H,12-13H2,1H3,(H,24,26). The molecule has 3 rings (SSSR count). The van der Waals surface area contributed by atoms with Crippen molar-refractivity contribution < 1.29 is 14.3 Å². The molecule has 0 bridgehead atoms. The molecule has 0 fully saturated rings. The number of hydrogen-bond acceptors (Lipinski definition) is 4. The lowest BCUT2D eigenvalue weighted by Gasteiger charge is -2.06. The lowest BCUT2D eigenvalue weighted by atomic mass is 10.0. The molecule has 1 N–H and O–H groups in total. The topological polar surface area (TPSA) is 68.3 Å². The molecule has 1 heterocycles. The summed E-state index contributed by atoms with van der Waals surface area (Å²) >= 11 is 0. The predicted octanol–water partition coefficient (Wildman–Crippen LogP) is 4.36. The van der Waals surface area contributed by atoms with Crippen molar-refractivity contribution in [1.82, 2.24) is 4.98 Å². The van der Waals surface area contributed by atoms with Crippen molar-refractivity contribution in [2.75, 3.05) is 12.4 Å². The van der Waals surface area contributed by atoms with E-state index in [2.05, 4.69) is 10.3 Å². The number of nitrogens with one attached hydrogen (secondary N) is 1. The lowest BCUT2D eigenvalue weighted by molar-refractivity contribution is -0.116. The SMILES string of the molecule is COc1ccc(NC(=O)CCC(=O)c2ccc(-c3ccccc3)cc2)cn1. The summed E-state index contributed by atoms with van der Waals surface area (Å²) in [6.07, 6.45) is 1.78. The fourth-order valence-electron chi connectivity index (χ4n) is 2.65. The predicted molar refractivity (Wildman–Crippen MR) is 105 cm³/mol. The van der Waals surface area contributed by atoms with Gasteiger partial charge in [0, 0.05) is 24.5 Å². The van der Waals surface area contributed by atoms with E-state index in [0.29, 0.717) is 17.1 Å². The van der Waals surface area contributed by atoms with Crippen LogP contribution in [0.15, 0.2) is 72.9 Å². The fourth-order valence-corrected chi connectivity index (χ4v) is 2.65. The van der Waals surface area contributed by atoms with Gasteiger partial charge in [0.15, 0.2) is 5.78 Å². The fraction of sp³-hybridized carbons (Fsp3) is 0.136. The van der Waals surface area contributed by atoms with Gasteiger partial charge in [-0.1, -0.05) is 54.6 Å². The van der Waals surface area contributed by atoms with Crippen molar-refractivity contribution >= 4 is 17.4 Å². The van der Waals surface area contributed by atoms with E-state index in [4.69, 9.17) is 4.74 Å². The molecule has 1 aromatic heterocycles. The molecule has 1 amide bonds. The highest BCUT2D eigenvalue weighted by Crippen LogP contribution is 2.20.